The molecule has 1 aromatic carbocycles. The fourth-order valence-electron chi connectivity index (χ4n) is 1.25. The average molecular weight is 212 g/mol. The van der Waals surface area contributed by atoms with Gasteiger partial charge in [0.1, 0.15) is 0 Å². The van der Waals surface area contributed by atoms with Crippen molar-refractivity contribution in [3.8, 4) is 11.5 Å². The van der Waals surface area contributed by atoms with E-state index in [1.807, 2.05) is 0 Å². The van der Waals surface area contributed by atoms with Gasteiger partial charge < -0.3 is 15.2 Å². The molecule has 0 fully saturated rings. The Morgan fingerprint density at radius 1 is 1.60 bits per heavy atom. The summed E-state index contributed by atoms with van der Waals surface area (Å²) in [4.78, 5) is 10.1. The molecule has 0 aromatic heterocycles. The molecule has 0 radical (unpaired) electrons. The Balaban J connectivity index is 3.33. The number of phenolic OH excluding ortho intramolecular Hbond substituents is 1. The van der Waals surface area contributed by atoms with E-state index in [4.69, 9.17) is 4.74 Å². The number of nitrogens with zero attached hydrogens (tertiary/aromatic N) is 1. The van der Waals surface area contributed by atoms with Gasteiger partial charge in [-0.15, -0.1) is 0 Å². The molecule has 6 nitrogen and oxygen atoms in total. The monoisotopic (exact) mass is 212 g/mol. The van der Waals surface area contributed by atoms with Crippen LogP contribution >= 0.6 is 0 Å². The fraction of sp³-hybridized carbons (Fsp3) is 0.333. The molecule has 0 spiro atoms. The first-order chi connectivity index (χ1) is 7.11. The van der Waals surface area contributed by atoms with Crippen LogP contribution in [0.25, 0.3) is 0 Å². The fourth-order valence-corrected chi connectivity index (χ4v) is 1.25. The maximum Gasteiger partial charge on any atom is 0.296 e. The lowest BCUT2D eigenvalue weighted by atomic mass is 10.2. The van der Waals surface area contributed by atoms with Gasteiger partial charge in [0, 0.05) is 13.1 Å². The molecule has 2 N–H and O–H groups in total. The Morgan fingerprint density at radius 3 is 2.73 bits per heavy atom. The van der Waals surface area contributed by atoms with E-state index in [0.29, 0.717) is 6.61 Å². The lowest BCUT2D eigenvalue weighted by molar-refractivity contribution is -0.384. The summed E-state index contributed by atoms with van der Waals surface area (Å²) in [5, 5.41) is 22.8. The van der Waals surface area contributed by atoms with Crippen LogP contribution < -0.4 is 10.1 Å². The van der Waals surface area contributed by atoms with Gasteiger partial charge in [-0.3, -0.25) is 10.1 Å². The summed E-state index contributed by atoms with van der Waals surface area (Å²) >= 11 is 0. The van der Waals surface area contributed by atoms with Crippen molar-refractivity contribution in [3.05, 3.63) is 22.2 Å². The van der Waals surface area contributed by atoms with Crippen LogP contribution in [0.5, 0.6) is 11.5 Å². The van der Waals surface area contributed by atoms with Gasteiger partial charge in [0.05, 0.1) is 11.5 Å². The molecular weight excluding hydrogens is 200 g/mol. The number of nitrogens with one attached hydrogen (secondary N) is 1. The van der Waals surface area contributed by atoms with E-state index >= 15 is 0 Å². The molecule has 15 heavy (non-hydrogen) atoms. The number of nitro groups is 1. The van der Waals surface area contributed by atoms with Crippen LogP contribution in [-0.4, -0.2) is 23.7 Å². The SMILES string of the molecule is CCOc1c(O)ccc([N+](=O)[O-])c1NC. The van der Waals surface area contributed by atoms with Crippen LogP contribution in [0.1, 0.15) is 6.92 Å². The molecule has 0 aliphatic carbocycles. The van der Waals surface area contributed by atoms with Crippen LogP contribution in [0.15, 0.2) is 12.1 Å². The molecule has 1 aromatic rings. The number of rotatable bonds is 4. The van der Waals surface area contributed by atoms with Crippen molar-refractivity contribution in [1.29, 1.82) is 0 Å². The maximum absolute atomic E-state index is 10.7. The average Bonchev–Trinajstić information content (AvgIpc) is 2.20. The van der Waals surface area contributed by atoms with Gasteiger partial charge in [-0.2, -0.15) is 0 Å². The molecule has 0 amide bonds. The van der Waals surface area contributed by atoms with E-state index in [-0.39, 0.29) is 22.9 Å². The molecule has 0 aliphatic rings. The van der Waals surface area contributed by atoms with Gasteiger partial charge in [-0.1, -0.05) is 0 Å². The second kappa shape index (κ2) is 4.50. The van der Waals surface area contributed by atoms with Crippen molar-refractivity contribution in [2.75, 3.05) is 19.0 Å². The van der Waals surface area contributed by atoms with E-state index in [0.717, 1.165) is 0 Å². The van der Waals surface area contributed by atoms with Crippen LogP contribution in [-0.2, 0) is 0 Å². The summed E-state index contributed by atoms with van der Waals surface area (Å²) in [5.41, 5.74) is 0.0561. The third-order valence-electron chi connectivity index (χ3n) is 1.85. The molecule has 0 saturated carbocycles. The predicted molar refractivity (Wildman–Crippen MR) is 55.5 cm³/mol. The zero-order valence-electron chi connectivity index (χ0n) is 8.48. The normalized spacial score (nSPS) is 9.73. The highest BCUT2D eigenvalue weighted by Gasteiger charge is 2.20. The van der Waals surface area contributed by atoms with Crippen LogP contribution in [0.4, 0.5) is 11.4 Å². The zero-order valence-corrected chi connectivity index (χ0v) is 8.48. The molecule has 1 rings (SSSR count). The van der Waals surface area contributed by atoms with Gasteiger partial charge in [-0.25, -0.2) is 0 Å². The number of hydrogen-bond acceptors (Lipinski definition) is 5. The molecule has 0 heterocycles. The third-order valence-corrected chi connectivity index (χ3v) is 1.85. The molecule has 0 saturated heterocycles. The van der Waals surface area contributed by atoms with Crippen LogP contribution in [0.3, 0.4) is 0 Å². The van der Waals surface area contributed by atoms with E-state index in [1.54, 1.807) is 6.92 Å². The Labute approximate surface area is 86.6 Å². The number of nitro benzene ring substituents is 1. The molecule has 6 heteroatoms. The van der Waals surface area contributed by atoms with E-state index in [1.165, 1.54) is 19.2 Å². The summed E-state index contributed by atoms with van der Waals surface area (Å²) in [5.74, 6) is -0.0130. The van der Waals surface area contributed by atoms with Crippen molar-refractivity contribution >= 4 is 11.4 Å². The predicted octanol–water partition coefficient (Wildman–Crippen LogP) is 1.74. The number of hydrogen-bond donors (Lipinski definition) is 2. The molecule has 0 unspecified atom stereocenters. The Bertz CT molecular complexity index is 379. The minimum absolute atomic E-state index is 0.106. The first-order valence-corrected chi connectivity index (χ1v) is 4.42. The third kappa shape index (κ3) is 2.09. The number of aromatic hydroxyl groups is 1. The second-order valence-electron chi connectivity index (χ2n) is 2.75. The van der Waals surface area contributed by atoms with Crippen LogP contribution in [0.2, 0.25) is 0 Å². The first-order valence-electron chi connectivity index (χ1n) is 4.42. The largest absolute Gasteiger partial charge is 0.504 e. The van der Waals surface area contributed by atoms with Gasteiger partial charge in [0.2, 0.25) is 0 Å². The van der Waals surface area contributed by atoms with Crippen molar-refractivity contribution in [2.45, 2.75) is 6.92 Å². The van der Waals surface area contributed by atoms with Gasteiger partial charge in [0.25, 0.3) is 5.69 Å². The summed E-state index contributed by atoms with van der Waals surface area (Å²) in [7, 11) is 1.53. The smallest absolute Gasteiger partial charge is 0.296 e. The van der Waals surface area contributed by atoms with Crippen molar-refractivity contribution < 1.29 is 14.8 Å². The van der Waals surface area contributed by atoms with Gasteiger partial charge in [-0.05, 0) is 13.0 Å². The van der Waals surface area contributed by atoms with Gasteiger partial charge >= 0.3 is 0 Å². The summed E-state index contributed by atoms with van der Waals surface area (Å²) in [6.45, 7) is 2.06. The molecule has 0 bridgehead atoms. The first kappa shape index (κ1) is 11.1. The van der Waals surface area contributed by atoms with Gasteiger partial charge in [0.15, 0.2) is 17.2 Å². The minimum Gasteiger partial charge on any atom is -0.504 e. The highest BCUT2D eigenvalue weighted by Crippen LogP contribution is 2.40. The summed E-state index contributed by atoms with van der Waals surface area (Å²) in [6.07, 6.45) is 0. The number of benzene rings is 1. The highest BCUT2D eigenvalue weighted by atomic mass is 16.6. The van der Waals surface area contributed by atoms with E-state index in [9.17, 15) is 15.2 Å². The molecular formula is C9H12N2O4. The Morgan fingerprint density at radius 2 is 2.27 bits per heavy atom. The topological polar surface area (TPSA) is 84.6 Å². The minimum atomic E-state index is -0.534. The number of anilines is 1. The standard InChI is InChI=1S/C9H12N2O4/c1-3-15-9-7(12)5-4-6(11(13)14)8(9)10-2/h4-5,10,12H,3H2,1-2H3. The van der Waals surface area contributed by atoms with Crippen molar-refractivity contribution in [1.82, 2.24) is 0 Å². The van der Waals surface area contributed by atoms with Crippen LogP contribution in [0, 0.1) is 10.1 Å². The molecule has 0 atom stereocenters. The van der Waals surface area contributed by atoms with E-state index in [2.05, 4.69) is 5.32 Å². The maximum atomic E-state index is 10.7. The summed E-state index contributed by atoms with van der Waals surface area (Å²) < 4.78 is 5.13. The second-order valence-corrected chi connectivity index (χ2v) is 2.75. The summed E-state index contributed by atoms with van der Waals surface area (Å²) in [6, 6.07) is 2.47. The molecule has 0 aliphatic heterocycles. The highest BCUT2D eigenvalue weighted by molar-refractivity contribution is 5.73. The Kier molecular flexibility index (Phi) is 3.33. The Hall–Kier alpha value is -1.98. The quantitative estimate of drug-likeness (QED) is 0.586. The lowest BCUT2D eigenvalue weighted by Gasteiger charge is -2.11. The number of phenols is 1. The van der Waals surface area contributed by atoms with Crippen molar-refractivity contribution in [2.24, 2.45) is 0 Å². The van der Waals surface area contributed by atoms with E-state index < -0.39 is 4.92 Å². The lowest BCUT2D eigenvalue weighted by Crippen LogP contribution is -2.01. The zero-order chi connectivity index (χ0) is 11.4. The van der Waals surface area contributed by atoms with Crippen molar-refractivity contribution in [3.63, 3.8) is 0 Å². The molecule has 82 valence electrons. The number of ether oxygens (including phenoxy) is 1.